The summed E-state index contributed by atoms with van der Waals surface area (Å²) in [6.45, 7) is 3.94. The van der Waals surface area contributed by atoms with Crippen LogP contribution in [0.5, 0.6) is 0 Å². The minimum atomic E-state index is -1.17. The maximum Gasteiger partial charge on any atom is 0.326 e. The van der Waals surface area contributed by atoms with Crippen molar-refractivity contribution in [3.05, 3.63) is 0 Å². The van der Waals surface area contributed by atoms with Crippen molar-refractivity contribution in [2.24, 2.45) is 28.1 Å². The summed E-state index contributed by atoms with van der Waals surface area (Å²) in [5.41, 5.74) is 16.5. The zero-order valence-corrected chi connectivity index (χ0v) is 21.7. The standard InChI is InChI=1S/C20H39N7O5S2/c1-4-11(2)15(21)18(30)27-14(10-33)17(29)25-12(6-5-8-24-20(22)23)16(28)26-13(19(31)32)7-9-34-3/h11-15,33H,4-10,21H2,1-3H3,(H,25,29)(H,26,28)(H,27,30)(H,31,32)(H4,22,23,24). The first kappa shape index (κ1) is 31.8. The fraction of sp³-hybridized carbons (Fsp3) is 0.750. The van der Waals surface area contributed by atoms with Gasteiger partial charge in [0.25, 0.3) is 0 Å². The third-order valence-electron chi connectivity index (χ3n) is 5.18. The largest absolute Gasteiger partial charge is 0.480 e. The molecule has 0 rings (SSSR count). The van der Waals surface area contributed by atoms with Gasteiger partial charge in [0, 0.05) is 12.3 Å². The first-order chi connectivity index (χ1) is 16.0. The number of nitrogens with zero attached hydrogens (tertiary/aromatic N) is 1. The Morgan fingerprint density at radius 3 is 2.06 bits per heavy atom. The molecule has 0 fully saturated rings. The van der Waals surface area contributed by atoms with Gasteiger partial charge in [0.2, 0.25) is 17.7 Å². The molecule has 0 aliphatic rings. The van der Waals surface area contributed by atoms with E-state index in [0.29, 0.717) is 18.6 Å². The second-order valence-electron chi connectivity index (χ2n) is 7.85. The van der Waals surface area contributed by atoms with Crippen LogP contribution in [0.4, 0.5) is 0 Å². The average molecular weight is 522 g/mol. The van der Waals surface area contributed by atoms with E-state index in [1.807, 2.05) is 20.1 Å². The number of carbonyl (C=O) groups is 4. The normalized spacial score (nSPS) is 15.2. The summed E-state index contributed by atoms with van der Waals surface area (Å²) in [4.78, 5) is 53.4. The smallest absolute Gasteiger partial charge is 0.326 e. The van der Waals surface area contributed by atoms with Crippen molar-refractivity contribution in [1.82, 2.24) is 16.0 Å². The quantitative estimate of drug-likeness (QED) is 0.0490. The molecular weight excluding hydrogens is 482 g/mol. The Hall–Kier alpha value is -2.19. The third-order valence-corrected chi connectivity index (χ3v) is 6.19. The van der Waals surface area contributed by atoms with Crippen LogP contribution in [0.2, 0.25) is 0 Å². The molecule has 0 aliphatic heterocycles. The predicted octanol–water partition coefficient (Wildman–Crippen LogP) is -1.36. The second-order valence-corrected chi connectivity index (χ2v) is 9.20. The van der Waals surface area contributed by atoms with Gasteiger partial charge in [-0.3, -0.25) is 19.4 Å². The highest BCUT2D eigenvalue weighted by Crippen LogP contribution is 2.07. The van der Waals surface area contributed by atoms with Crippen molar-refractivity contribution in [1.29, 1.82) is 0 Å². The Kier molecular flexibility index (Phi) is 16.2. The van der Waals surface area contributed by atoms with E-state index < -0.39 is 47.9 Å². The molecule has 0 spiro atoms. The highest BCUT2D eigenvalue weighted by atomic mass is 32.2. The Balaban J connectivity index is 5.40. The number of amides is 3. The van der Waals surface area contributed by atoms with Gasteiger partial charge in [-0.25, -0.2) is 4.79 Å². The van der Waals surface area contributed by atoms with E-state index in [1.54, 1.807) is 0 Å². The summed E-state index contributed by atoms with van der Waals surface area (Å²) in [5, 5.41) is 17.0. The maximum atomic E-state index is 12.8. The Morgan fingerprint density at radius 2 is 1.56 bits per heavy atom. The SMILES string of the molecule is CCC(C)C(N)C(=O)NC(CS)C(=O)NC(CCCN=C(N)N)C(=O)NC(CCSC)C(=O)O. The summed E-state index contributed by atoms with van der Waals surface area (Å²) < 4.78 is 0. The van der Waals surface area contributed by atoms with Crippen LogP contribution in [0, 0.1) is 5.92 Å². The van der Waals surface area contributed by atoms with Gasteiger partial charge >= 0.3 is 5.97 Å². The fourth-order valence-corrected chi connectivity index (χ4v) is 3.51. The monoisotopic (exact) mass is 521 g/mol. The van der Waals surface area contributed by atoms with Gasteiger partial charge in [0.15, 0.2) is 5.96 Å². The zero-order valence-electron chi connectivity index (χ0n) is 20.0. The highest BCUT2D eigenvalue weighted by molar-refractivity contribution is 7.98. The number of carbonyl (C=O) groups excluding carboxylic acids is 3. The van der Waals surface area contributed by atoms with Crippen molar-refractivity contribution in [2.75, 3.05) is 24.3 Å². The lowest BCUT2D eigenvalue weighted by Gasteiger charge is -2.25. The van der Waals surface area contributed by atoms with Crippen molar-refractivity contribution < 1.29 is 24.3 Å². The van der Waals surface area contributed by atoms with Crippen LogP contribution in [0.25, 0.3) is 0 Å². The molecule has 3 amide bonds. The van der Waals surface area contributed by atoms with E-state index in [9.17, 15) is 24.3 Å². The van der Waals surface area contributed by atoms with Gasteiger partial charge < -0.3 is 38.3 Å². The number of hydrogen-bond donors (Lipinski definition) is 8. The van der Waals surface area contributed by atoms with Crippen molar-refractivity contribution >= 4 is 54.0 Å². The van der Waals surface area contributed by atoms with Crippen LogP contribution in [-0.2, 0) is 19.2 Å². The first-order valence-corrected chi connectivity index (χ1v) is 13.1. The zero-order chi connectivity index (χ0) is 26.3. The van der Waals surface area contributed by atoms with Crippen LogP contribution in [-0.4, -0.2) is 83.2 Å². The van der Waals surface area contributed by atoms with Crippen molar-refractivity contribution in [3.8, 4) is 0 Å². The average Bonchev–Trinajstić information content (AvgIpc) is 2.79. The van der Waals surface area contributed by atoms with E-state index >= 15 is 0 Å². The van der Waals surface area contributed by atoms with Crippen LogP contribution in [0.15, 0.2) is 4.99 Å². The predicted molar refractivity (Wildman–Crippen MR) is 138 cm³/mol. The summed E-state index contributed by atoms with van der Waals surface area (Å²) in [7, 11) is 0. The number of thiol groups is 1. The van der Waals surface area contributed by atoms with Gasteiger partial charge in [-0.1, -0.05) is 20.3 Å². The molecule has 0 radical (unpaired) electrons. The summed E-state index contributed by atoms with van der Waals surface area (Å²) in [6.07, 6.45) is 3.22. The number of aliphatic imine (C=N–C) groups is 1. The molecule has 5 atom stereocenters. The number of thioether (sulfide) groups is 1. The number of rotatable bonds is 17. The molecule has 0 aromatic rings. The van der Waals surface area contributed by atoms with Gasteiger partial charge in [-0.15, -0.1) is 0 Å². The lowest BCUT2D eigenvalue weighted by atomic mass is 9.99. The topological polar surface area (TPSA) is 215 Å². The van der Waals surface area contributed by atoms with E-state index in [0.717, 1.165) is 0 Å². The van der Waals surface area contributed by atoms with E-state index in [1.165, 1.54) is 11.8 Å². The molecule has 34 heavy (non-hydrogen) atoms. The number of nitrogens with two attached hydrogens (primary N) is 3. The fourth-order valence-electron chi connectivity index (χ4n) is 2.78. The van der Waals surface area contributed by atoms with Crippen molar-refractivity contribution in [2.45, 2.75) is 63.7 Å². The minimum absolute atomic E-state index is 0.0292. The molecule has 5 unspecified atom stereocenters. The maximum absolute atomic E-state index is 12.8. The summed E-state index contributed by atoms with van der Waals surface area (Å²) in [6, 6.07) is -4.01. The Labute approximate surface area is 210 Å². The molecule has 0 heterocycles. The molecule has 14 heteroatoms. The lowest BCUT2D eigenvalue weighted by Crippen LogP contribution is -2.58. The number of hydrogen-bond acceptors (Lipinski definition) is 8. The molecule has 196 valence electrons. The Morgan fingerprint density at radius 1 is 1.00 bits per heavy atom. The van der Waals surface area contributed by atoms with Crippen LogP contribution >= 0.6 is 24.4 Å². The summed E-state index contributed by atoms with van der Waals surface area (Å²) in [5.74, 6) is -2.67. The molecule has 0 aromatic carbocycles. The van der Waals surface area contributed by atoms with Crippen molar-refractivity contribution in [3.63, 3.8) is 0 Å². The molecule has 10 N–H and O–H groups in total. The number of carboxylic acids is 1. The van der Waals surface area contributed by atoms with Gasteiger partial charge in [0.05, 0.1) is 6.04 Å². The number of carboxylic acid groups (broad SMARTS) is 1. The molecule has 0 saturated carbocycles. The van der Waals surface area contributed by atoms with Crippen LogP contribution < -0.4 is 33.2 Å². The minimum Gasteiger partial charge on any atom is -0.480 e. The van der Waals surface area contributed by atoms with E-state index in [-0.39, 0.29) is 37.0 Å². The van der Waals surface area contributed by atoms with Crippen LogP contribution in [0.1, 0.15) is 39.5 Å². The lowest BCUT2D eigenvalue weighted by molar-refractivity contribution is -0.142. The van der Waals surface area contributed by atoms with Gasteiger partial charge in [0.1, 0.15) is 18.1 Å². The molecular formula is C20H39N7O5S2. The number of guanidine groups is 1. The number of nitrogens with one attached hydrogen (secondary N) is 3. The molecule has 12 nitrogen and oxygen atoms in total. The molecule has 0 saturated heterocycles. The van der Waals surface area contributed by atoms with E-state index in [2.05, 4.69) is 33.6 Å². The third kappa shape index (κ3) is 12.3. The van der Waals surface area contributed by atoms with E-state index in [4.69, 9.17) is 17.2 Å². The van der Waals surface area contributed by atoms with Crippen LogP contribution in [0.3, 0.4) is 0 Å². The summed E-state index contributed by atoms with van der Waals surface area (Å²) >= 11 is 5.58. The van der Waals surface area contributed by atoms with Gasteiger partial charge in [-0.2, -0.15) is 24.4 Å². The number of aliphatic carboxylic acids is 1. The molecule has 0 aliphatic carbocycles. The molecule has 0 aromatic heterocycles. The highest BCUT2D eigenvalue weighted by Gasteiger charge is 2.30. The van der Waals surface area contributed by atoms with Gasteiger partial charge in [-0.05, 0) is 37.2 Å². The first-order valence-electron chi connectivity index (χ1n) is 11.0. The Bertz CT molecular complexity index is 707. The second kappa shape index (κ2) is 17.3. The molecule has 0 bridgehead atoms.